The number of unbranched alkanes of at least 4 members (excludes halogenated alkanes) is 12. The minimum Gasteiger partial charge on any atom is -0.396 e. The van der Waals surface area contributed by atoms with Crippen LogP contribution in [-0.4, -0.2) is 66.7 Å². The van der Waals surface area contributed by atoms with Crippen LogP contribution in [-0.2, 0) is 13.9 Å². The Bertz CT molecular complexity index is 547. The van der Waals surface area contributed by atoms with Gasteiger partial charge in [0.2, 0.25) is 13.4 Å². The van der Waals surface area contributed by atoms with E-state index in [1.807, 2.05) is 21.1 Å². The minimum atomic E-state index is -3.10. The summed E-state index contributed by atoms with van der Waals surface area (Å²) in [6.07, 6.45) is 15.9. The molecule has 0 bridgehead atoms. The van der Waals surface area contributed by atoms with Gasteiger partial charge in [0.15, 0.2) is 5.78 Å². The molecule has 0 aromatic rings. The van der Waals surface area contributed by atoms with Crippen molar-refractivity contribution in [2.45, 2.75) is 116 Å². The number of aliphatic hydroxyl groups excluding tert-OH is 1. The minimum absolute atomic E-state index is 0.160. The highest BCUT2D eigenvalue weighted by Gasteiger charge is 2.54. The molecule has 0 spiro atoms. The van der Waals surface area contributed by atoms with E-state index >= 15 is 0 Å². The molecule has 0 amide bonds. The van der Waals surface area contributed by atoms with Gasteiger partial charge in [-0.1, -0.05) is 97.8 Å². The molecule has 0 aromatic carbocycles. The third-order valence-electron chi connectivity index (χ3n) is 6.58. The largest absolute Gasteiger partial charge is 0.396 e. The lowest BCUT2D eigenvalue weighted by molar-refractivity contribution is -0.870. The third kappa shape index (κ3) is 13.4. The van der Waals surface area contributed by atoms with Crippen molar-refractivity contribution in [2.24, 2.45) is 5.41 Å². The second-order valence-corrected chi connectivity index (χ2v) is 12.9. The zero-order valence-electron chi connectivity index (χ0n) is 22.6. The lowest BCUT2D eigenvalue weighted by atomic mass is 9.83. The van der Waals surface area contributed by atoms with Crippen molar-refractivity contribution in [3.8, 4) is 0 Å². The van der Waals surface area contributed by atoms with Crippen LogP contribution >= 0.6 is 8.03 Å². The number of hydrogen-bond acceptors (Lipinski definition) is 5. The van der Waals surface area contributed by atoms with Gasteiger partial charge in [0, 0.05) is 11.8 Å². The molecule has 0 aliphatic carbocycles. The average molecular weight is 493 g/mol. The first-order valence-corrected chi connectivity index (χ1v) is 14.6. The van der Waals surface area contributed by atoms with E-state index in [4.69, 9.17) is 4.52 Å². The van der Waals surface area contributed by atoms with Crippen molar-refractivity contribution >= 4 is 13.8 Å². The smallest absolute Gasteiger partial charge is 0.230 e. The van der Waals surface area contributed by atoms with E-state index in [1.165, 1.54) is 64.2 Å². The molecule has 0 aromatic heterocycles. The molecule has 0 saturated heterocycles. The van der Waals surface area contributed by atoms with Gasteiger partial charge in [-0.25, -0.2) is 0 Å². The molecule has 6 nitrogen and oxygen atoms in total. The van der Waals surface area contributed by atoms with Crippen LogP contribution < -0.4 is 0 Å². The molecule has 7 heteroatoms. The summed E-state index contributed by atoms with van der Waals surface area (Å²) in [5.74, 6) is -0.473. The fourth-order valence-electron chi connectivity index (χ4n) is 3.88. The molecular formula is C26H55NO5P+. The number of nitrogens with zero attached hydrogens (tertiary/aromatic N) is 1. The predicted molar refractivity (Wildman–Crippen MR) is 139 cm³/mol. The Morgan fingerprint density at radius 1 is 0.848 bits per heavy atom. The van der Waals surface area contributed by atoms with Crippen LogP contribution in [0.1, 0.15) is 111 Å². The van der Waals surface area contributed by atoms with E-state index in [9.17, 15) is 19.6 Å². The Hall–Kier alpha value is -0.260. The maximum atomic E-state index is 13.0. The van der Waals surface area contributed by atoms with Gasteiger partial charge < -0.3 is 19.2 Å². The summed E-state index contributed by atoms with van der Waals surface area (Å²) in [5.41, 5.74) is -1.23. The van der Waals surface area contributed by atoms with Gasteiger partial charge in [-0.05, 0) is 6.42 Å². The summed E-state index contributed by atoms with van der Waals surface area (Å²) in [4.78, 5) is 13.0. The fraction of sp³-hybridized carbons (Fsp3) is 0.962. The fourth-order valence-corrected chi connectivity index (χ4v) is 5.35. The highest BCUT2D eigenvalue weighted by Crippen LogP contribution is 2.51. The van der Waals surface area contributed by atoms with Gasteiger partial charge in [-0.15, -0.1) is 0 Å². The Morgan fingerprint density at radius 3 is 1.67 bits per heavy atom. The summed E-state index contributed by atoms with van der Waals surface area (Å²) in [6, 6.07) is 0. The molecule has 33 heavy (non-hydrogen) atoms. The van der Waals surface area contributed by atoms with Crippen LogP contribution in [0.4, 0.5) is 0 Å². The molecule has 0 rings (SSSR count). The molecule has 0 aliphatic heterocycles. The number of carbonyl (C=O) groups is 1. The molecule has 0 saturated carbocycles. The van der Waals surface area contributed by atoms with Crippen molar-refractivity contribution in [1.29, 1.82) is 0 Å². The molecule has 0 aliphatic rings. The van der Waals surface area contributed by atoms with Gasteiger partial charge in [0.1, 0.15) is 13.2 Å². The summed E-state index contributed by atoms with van der Waals surface area (Å²) in [5, 5.41) is 18.8. The Kier molecular flexibility index (Phi) is 17.1. The highest BCUT2D eigenvalue weighted by atomic mass is 31.1. The monoisotopic (exact) mass is 492 g/mol. The summed E-state index contributed by atoms with van der Waals surface area (Å²) < 4.78 is 19.0. The number of quaternary nitrogens is 1. The van der Waals surface area contributed by atoms with E-state index in [0.717, 1.165) is 12.8 Å². The molecule has 0 radical (unpaired) electrons. The number of hydrogen-bond donors (Lipinski definition) is 2. The van der Waals surface area contributed by atoms with E-state index in [2.05, 4.69) is 6.92 Å². The Labute approximate surface area is 204 Å². The number of aliphatic hydroxyl groups is 2. The SMILES string of the molecule is CCCCCCCCCCCCCCCC(=O)C(O)([PH](=O)OCC[N+](C)(C)C)C(C)(C)CO. The van der Waals surface area contributed by atoms with Gasteiger partial charge in [-0.3, -0.25) is 9.36 Å². The summed E-state index contributed by atoms with van der Waals surface area (Å²) in [7, 11) is 2.87. The van der Waals surface area contributed by atoms with Crippen molar-refractivity contribution < 1.29 is 28.6 Å². The van der Waals surface area contributed by atoms with Crippen LogP contribution in [0.15, 0.2) is 0 Å². The number of likely N-dealkylation sites (N-methyl/N-ethyl adjacent to an activating group) is 1. The van der Waals surface area contributed by atoms with Crippen LogP contribution in [0.2, 0.25) is 0 Å². The van der Waals surface area contributed by atoms with Crippen LogP contribution in [0.5, 0.6) is 0 Å². The van der Waals surface area contributed by atoms with E-state index in [-0.39, 0.29) is 13.0 Å². The van der Waals surface area contributed by atoms with E-state index < -0.39 is 31.2 Å². The zero-order chi connectivity index (χ0) is 25.4. The average Bonchev–Trinajstić information content (AvgIpc) is 2.74. The first-order chi connectivity index (χ1) is 15.4. The van der Waals surface area contributed by atoms with E-state index in [0.29, 0.717) is 17.4 Å². The van der Waals surface area contributed by atoms with Gasteiger partial charge in [0.05, 0.1) is 27.7 Å². The summed E-state index contributed by atoms with van der Waals surface area (Å²) in [6.45, 7) is 5.75. The van der Waals surface area contributed by atoms with Crippen molar-refractivity contribution in [2.75, 3.05) is 40.9 Å². The van der Waals surface area contributed by atoms with E-state index in [1.54, 1.807) is 13.8 Å². The second-order valence-electron chi connectivity index (χ2n) is 11.3. The zero-order valence-corrected chi connectivity index (χ0v) is 23.6. The first-order valence-electron chi connectivity index (χ1n) is 13.3. The number of rotatable bonds is 22. The van der Waals surface area contributed by atoms with Gasteiger partial charge in [-0.2, -0.15) is 0 Å². The molecule has 0 heterocycles. The normalized spacial score (nSPS) is 15.4. The summed E-state index contributed by atoms with van der Waals surface area (Å²) >= 11 is 0. The molecule has 2 N–H and O–H groups in total. The Balaban J connectivity index is 4.31. The lowest BCUT2D eigenvalue weighted by Crippen LogP contribution is -2.51. The van der Waals surface area contributed by atoms with Crippen LogP contribution in [0, 0.1) is 5.41 Å². The van der Waals surface area contributed by atoms with Crippen LogP contribution in [0.25, 0.3) is 0 Å². The number of carbonyl (C=O) groups excluding carboxylic acids is 1. The molecular weight excluding hydrogens is 437 g/mol. The molecule has 2 unspecified atom stereocenters. The Morgan fingerprint density at radius 2 is 1.27 bits per heavy atom. The second kappa shape index (κ2) is 17.2. The van der Waals surface area contributed by atoms with Crippen LogP contribution in [0.3, 0.4) is 0 Å². The third-order valence-corrected chi connectivity index (χ3v) is 8.59. The maximum Gasteiger partial charge on any atom is 0.230 e. The molecule has 0 fully saturated rings. The van der Waals surface area contributed by atoms with Gasteiger partial charge >= 0.3 is 0 Å². The predicted octanol–water partition coefficient (Wildman–Crippen LogP) is 5.94. The van der Waals surface area contributed by atoms with Crippen molar-refractivity contribution in [3.63, 3.8) is 0 Å². The topological polar surface area (TPSA) is 83.8 Å². The van der Waals surface area contributed by atoms with Crippen molar-refractivity contribution in [1.82, 2.24) is 0 Å². The maximum absolute atomic E-state index is 13.0. The number of Topliss-reactive ketones (excluding diaryl/α,β-unsaturated/α-hetero) is 1. The standard InChI is InChI=1S/C26H55NO5P/c1-7-8-9-10-11-12-13-14-15-16-17-18-19-20-24(29)26(30,25(2,3)23-28)33(31)32-22-21-27(4,5)6/h28,30,33H,7-23H2,1-6H3/q+1. The highest BCUT2D eigenvalue weighted by molar-refractivity contribution is 7.42. The quantitative estimate of drug-likeness (QED) is 0.111. The van der Waals surface area contributed by atoms with Gasteiger partial charge in [0.25, 0.3) is 0 Å². The molecule has 2 atom stereocenters. The van der Waals surface area contributed by atoms with Crippen molar-refractivity contribution in [3.05, 3.63) is 0 Å². The molecule has 198 valence electrons. The lowest BCUT2D eigenvalue weighted by Gasteiger charge is -2.39. The number of ketones is 1. The first kappa shape index (κ1) is 32.7.